The summed E-state index contributed by atoms with van der Waals surface area (Å²) >= 11 is 0. The Morgan fingerprint density at radius 3 is 1.01 bits per heavy atom. The van der Waals surface area contributed by atoms with Crippen molar-refractivity contribution in [2.24, 2.45) is 0 Å². The molecule has 2 aliphatic rings. The van der Waals surface area contributed by atoms with Crippen LogP contribution in [-0.2, 0) is 0 Å². The van der Waals surface area contributed by atoms with Crippen LogP contribution in [0.1, 0.15) is 30.4 Å². The third kappa shape index (κ3) is 7.97. The van der Waals surface area contributed by atoms with Crippen molar-refractivity contribution >= 4 is 57.2 Å². The zero-order chi connectivity index (χ0) is 61.0. The summed E-state index contributed by atoms with van der Waals surface area (Å²) in [6, 6.07) is 71.0. The molecule has 2 aliphatic heterocycles. The Kier molecular flexibility index (Phi) is 9.26. The van der Waals surface area contributed by atoms with E-state index in [4.69, 9.17) is 8.22 Å². The zero-order valence-electron chi connectivity index (χ0n) is 53.3. The van der Waals surface area contributed by atoms with Crippen LogP contribution in [0.25, 0.3) is 77.9 Å². The van der Waals surface area contributed by atoms with Crippen molar-refractivity contribution in [1.29, 1.82) is 0 Å². The van der Waals surface area contributed by atoms with E-state index in [-0.39, 0.29) is 35.3 Å². The molecule has 2 heterocycles. The Labute approximate surface area is 473 Å². The highest BCUT2D eigenvalue weighted by Crippen LogP contribution is 2.54. The molecule has 368 valence electrons. The number of hydrogen-bond donors (Lipinski definition) is 0. The second-order valence-corrected chi connectivity index (χ2v) is 20.2. The average Bonchev–Trinajstić information content (AvgIpc) is 0.707. The zero-order valence-corrected chi connectivity index (χ0v) is 43.3. The van der Waals surface area contributed by atoms with Gasteiger partial charge < -0.3 is 9.80 Å². The van der Waals surface area contributed by atoms with Crippen molar-refractivity contribution in [3.63, 3.8) is 0 Å². The molecule has 0 radical (unpaired) electrons. The lowest BCUT2D eigenvalue weighted by molar-refractivity contribution is 1.25. The first-order valence-electron chi connectivity index (χ1n) is 31.4. The first kappa shape index (κ1) is 37.1. The summed E-state index contributed by atoms with van der Waals surface area (Å²) in [5.41, 5.74) is 21.3. The van der Waals surface area contributed by atoms with Crippen LogP contribution in [0.2, 0.25) is 0 Å². The van der Waals surface area contributed by atoms with E-state index in [0.717, 1.165) is 111 Å². The summed E-state index contributed by atoms with van der Waals surface area (Å²) in [6.45, 7) is 5.85. The van der Waals surface area contributed by atoms with Gasteiger partial charge in [0, 0.05) is 45.0 Å². The largest absolute Gasteiger partial charge is 0.310 e. The minimum atomic E-state index is -0.562. The molecule has 0 amide bonds. The molecular formula is C75H55BN2. The van der Waals surface area contributed by atoms with Gasteiger partial charge in [0.2, 0.25) is 0 Å². The fourth-order valence-electron chi connectivity index (χ4n) is 12.3. The fourth-order valence-corrected chi connectivity index (χ4v) is 12.3. The van der Waals surface area contributed by atoms with E-state index in [1.54, 1.807) is 0 Å². The Morgan fingerprint density at radius 1 is 0.308 bits per heavy atom. The lowest BCUT2D eigenvalue weighted by Crippen LogP contribution is -2.61. The Morgan fingerprint density at radius 2 is 0.654 bits per heavy atom. The number of nitrogens with zero attached hydrogens (tertiary/aromatic N) is 2. The maximum absolute atomic E-state index is 9.40. The van der Waals surface area contributed by atoms with Crippen LogP contribution in [-0.4, -0.2) is 6.71 Å². The predicted molar refractivity (Wildman–Crippen MR) is 333 cm³/mol. The highest BCUT2D eigenvalue weighted by molar-refractivity contribution is 7.00. The molecule has 78 heavy (non-hydrogen) atoms. The monoisotopic (exact) mass is 1000 g/mol. The van der Waals surface area contributed by atoms with Crippen molar-refractivity contribution in [3.05, 3.63) is 296 Å². The normalized spacial score (nSPS) is 14.0. The second-order valence-electron chi connectivity index (χ2n) is 20.2. The number of para-hydroxylation sites is 2. The molecule has 3 heteroatoms. The topological polar surface area (TPSA) is 6.48 Å². The summed E-state index contributed by atoms with van der Waals surface area (Å²) in [7, 11) is 0. The molecule has 12 aromatic rings. The number of rotatable bonds is 9. The molecule has 0 unspecified atom stereocenters. The maximum atomic E-state index is 9.40. The third-order valence-electron chi connectivity index (χ3n) is 15.5. The van der Waals surface area contributed by atoms with Crippen LogP contribution in [0, 0.1) is 20.8 Å². The Balaban J connectivity index is 1.21. The van der Waals surface area contributed by atoms with Crippen LogP contribution in [0.5, 0.6) is 0 Å². The van der Waals surface area contributed by atoms with E-state index in [0.29, 0.717) is 22.5 Å². The fraction of sp³-hybridized carbons (Fsp3) is 0.0400. The third-order valence-corrected chi connectivity index (χ3v) is 15.5. The van der Waals surface area contributed by atoms with Gasteiger partial charge in [-0.3, -0.25) is 0 Å². The summed E-state index contributed by atoms with van der Waals surface area (Å²) in [5.74, 6) is 0. The van der Waals surface area contributed by atoms with Gasteiger partial charge in [0.1, 0.15) is 0 Å². The van der Waals surface area contributed by atoms with Crippen molar-refractivity contribution < 1.29 is 13.7 Å². The number of aryl methyl sites for hydroxylation is 3. The van der Waals surface area contributed by atoms with E-state index in [2.05, 4.69) is 140 Å². The van der Waals surface area contributed by atoms with E-state index in [1.165, 1.54) is 0 Å². The number of anilines is 6. The highest BCUT2D eigenvalue weighted by atomic mass is 15.2. The van der Waals surface area contributed by atoms with E-state index in [9.17, 15) is 5.48 Å². The average molecular weight is 1010 g/mol. The lowest BCUT2D eigenvalue weighted by Gasteiger charge is -2.46. The van der Waals surface area contributed by atoms with Crippen molar-refractivity contribution in [3.8, 4) is 77.9 Å². The van der Waals surface area contributed by atoms with Gasteiger partial charge >= 0.3 is 0 Å². The van der Waals surface area contributed by atoms with Gasteiger partial charge in [-0.25, -0.2) is 0 Å². The van der Waals surface area contributed by atoms with Crippen LogP contribution < -0.4 is 26.2 Å². The molecule has 12 aromatic carbocycles. The Hall–Kier alpha value is -9.70. The molecule has 0 atom stereocenters. The molecule has 14 rings (SSSR count). The van der Waals surface area contributed by atoms with Gasteiger partial charge in [-0.1, -0.05) is 260 Å². The molecule has 0 bridgehead atoms. The van der Waals surface area contributed by atoms with Crippen molar-refractivity contribution in [2.45, 2.75) is 20.8 Å². The molecule has 0 saturated carbocycles. The van der Waals surface area contributed by atoms with Gasteiger partial charge in [-0.15, -0.1) is 0 Å². The van der Waals surface area contributed by atoms with Gasteiger partial charge in [-0.2, -0.15) is 0 Å². The Bertz CT molecular complexity index is 4380. The van der Waals surface area contributed by atoms with Gasteiger partial charge in [0.15, 0.2) is 0 Å². The summed E-state index contributed by atoms with van der Waals surface area (Å²) < 4.78 is 90.5. The van der Waals surface area contributed by atoms with Crippen LogP contribution in [0.15, 0.2) is 279 Å². The summed E-state index contributed by atoms with van der Waals surface area (Å²) in [6.07, 6.45) is 0. The highest BCUT2D eigenvalue weighted by Gasteiger charge is 2.45. The van der Waals surface area contributed by atoms with E-state index < -0.39 is 43.0 Å². The van der Waals surface area contributed by atoms with Crippen LogP contribution in [0.3, 0.4) is 0 Å². The second kappa shape index (κ2) is 19.5. The molecule has 0 saturated heterocycles. The molecule has 0 aliphatic carbocycles. The van der Waals surface area contributed by atoms with Crippen LogP contribution >= 0.6 is 0 Å². The summed E-state index contributed by atoms with van der Waals surface area (Å²) in [4.78, 5) is 4.70. The van der Waals surface area contributed by atoms with Crippen molar-refractivity contribution in [1.82, 2.24) is 0 Å². The molecule has 0 fully saturated rings. The minimum absolute atomic E-state index is 0.0731. The van der Waals surface area contributed by atoms with Gasteiger partial charge in [0.25, 0.3) is 6.71 Å². The SMILES string of the molecule is [2H]c1c([2H])c([2H])c(-c2ccc3c(c2)N(c2c(-c4ccccc4)cccc2-c2ccccc2)c2cc(-c4c(C)cc(C)cc4C)cc4c2B3c2ccc(-c3c([2H])c([2H])c([2H])c([2H])c3[2H])cc2N4c2c(-c3ccccc3)cccc2-c2ccccc2)c([2H])c1[2H]. The quantitative estimate of drug-likeness (QED) is 0.133. The van der Waals surface area contributed by atoms with Crippen molar-refractivity contribution in [2.75, 3.05) is 9.80 Å². The molecule has 2 nitrogen and oxygen atoms in total. The number of hydrogen-bond acceptors (Lipinski definition) is 2. The number of benzene rings is 12. The smallest absolute Gasteiger partial charge is 0.252 e. The van der Waals surface area contributed by atoms with E-state index in [1.807, 2.05) is 109 Å². The minimum Gasteiger partial charge on any atom is -0.310 e. The molecule has 0 aromatic heterocycles. The summed E-state index contributed by atoms with van der Waals surface area (Å²) in [5, 5.41) is 0. The number of fused-ring (bicyclic) bond motifs is 4. The van der Waals surface area contributed by atoms with Gasteiger partial charge in [-0.05, 0) is 128 Å². The predicted octanol–water partition coefficient (Wildman–Crippen LogP) is 18.4. The first-order valence-corrected chi connectivity index (χ1v) is 26.4. The molecule has 0 N–H and O–H groups in total. The lowest BCUT2D eigenvalue weighted by atomic mass is 9.33. The standard InChI is InChI=1S/C75H55BN2/c1-50-44-51(2)72(52(3)45-50)61-48-70-73-71(49-61)78(75-64(57-32-18-8-19-33-57)38-23-39-65(75)58-34-20-9-21-35-58)69-47-60(54-26-12-5-13-27-54)41-43-67(69)76(73)66-42-40-59(53-24-10-4-11-25-53)46-68(66)77(70)74-62(55-28-14-6-15-29-55)36-22-37-63(74)56-30-16-7-17-31-56/h4-49H,1-3H3/i4D,5D,10D,11D,12D,13D,24D,25D,26D,27D. The molecule has 0 spiro atoms. The first-order chi connectivity index (χ1) is 42.6. The van der Waals surface area contributed by atoms with E-state index >= 15 is 0 Å². The van der Waals surface area contributed by atoms with Gasteiger partial charge in [0.05, 0.1) is 25.1 Å². The van der Waals surface area contributed by atoms with Crippen LogP contribution in [0.4, 0.5) is 34.1 Å². The maximum Gasteiger partial charge on any atom is 0.252 e. The molecular weight excluding hydrogens is 940 g/mol.